The SMILES string of the molecule is CCCC(=O)CC(C)C(=O)OC(c1ccccc1)c1ccccc1. The van der Waals surface area contributed by atoms with Crippen LogP contribution in [-0.2, 0) is 14.3 Å². The lowest BCUT2D eigenvalue weighted by atomic mass is 10.00. The van der Waals surface area contributed by atoms with Crippen molar-refractivity contribution in [1.82, 2.24) is 0 Å². The highest BCUT2D eigenvalue weighted by atomic mass is 16.5. The van der Waals surface area contributed by atoms with Gasteiger partial charge in [0.1, 0.15) is 5.78 Å². The van der Waals surface area contributed by atoms with E-state index in [1.807, 2.05) is 67.6 Å². The molecule has 0 N–H and O–H groups in total. The third-order valence-electron chi connectivity index (χ3n) is 3.90. The molecule has 2 rings (SSSR count). The Morgan fingerprint density at radius 2 is 1.42 bits per heavy atom. The van der Waals surface area contributed by atoms with Crippen molar-refractivity contribution in [3.8, 4) is 0 Å². The quantitative estimate of drug-likeness (QED) is 0.660. The summed E-state index contributed by atoms with van der Waals surface area (Å²) < 4.78 is 5.77. The van der Waals surface area contributed by atoms with Crippen LogP contribution in [0.1, 0.15) is 50.3 Å². The van der Waals surface area contributed by atoms with E-state index in [0.29, 0.717) is 6.42 Å². The molecular weight excluding hydrogens is 300 g/mol. The van der Waals surface area contributed by atoms with Gasteiger partial charge < -0.3 is 4.74 Å². The van der Waals surface area contributed by atoms with Crippen LogP contribution in [0.3, 0.4) is 0 Å². The maximum atomic E-state index is 12.5. The Bertz CT molecular complexity index is 610. The van der Waals surface area contributed by atoms with Gasteiger partial charge in [0.15, 0.2) is 6.10 Å². The van der Waals surface area contributed by atoms with Crippen molar-refractivity contribution >= 4 is 11.8 Å². The second-order valence-electron chi connectivity index (χ2n) is 6.03. The molecule has 0 saturated heterocycles. The number of ketones is 1. The molecule has 0 saturated carbocycles. The Hall–Kier alpha value is -2.42. The molecule has 0 bridgehead atoms. The molecule has 3 heteroatoms. The summed E-state index contributed by atoms with van der Waals surface area (Å²) in [5.74, 6) is -0.658. The molecular formula is C21H24O3. The van der Waals surface area contributed by atoms with Gasteiger partial charge in [-0.05, 0) is 17.5 Å². The molecule has 0 aliphatic heterocycles. The minimum absolute atomic E-state index is 0.109. The molecule has 0 radical (unpaired) electrons. The monoisotopic (exact) mass is 324 g/mol. The van der Waals surface area contributed by atoms with Crippen LogP contribution in [-0.4, -0.2) is 11.8 Å². The third kappa shape index (κ3) is 5.05. The van der Waals surface area contributed by atoms with E-state index in [4.69, 9.17) is 4.74 Å². The van der Waals surface area contributed by atoms with Gasteiger partial charge in [-0.15, -0.1) is 0 Å². The number of rotatable bonds is 8. The Labute approximate surface area is 143 Å². The largest absolute Gasteiger partial charge is 0.452 e. The van der Waals surface area contributed by atoms with Crippen LogP contribution in [0.15, 0.2) is 60.7 Å². The summed E-state index contributed by atoms with van der Waals surface area (Å²) >= 11 is 0. The van der Waals surface area contributed by atoms with Gasteiger partial charge in [0, 0.05) is 12.8 Å². The van der Waals surface area contributed by atoms with E-state index in [2.05, 4.69) is 0 Å². The van der Waals surface area contributed by atoms with Crippen molar-refractivity contribution < 1.29 is 14.3 Å². The number of hydrogen-bond donors (Lipinski definition) is 0. The minimum atomic E-state index is -0.455. The second-order valence-corrected chi connectivity index (χ2v) is 6.03. The molecule has 2 aromatic carbocycles. The van der Waals surface area contributed by atoms with E-state index in [-0.39, 0.29) is 18.2 Å². The van der Waals surface area contributed by atoms with Gasteiger partial charge in [0.05, 0.1) is 5.92 Å². The fourth-order valence-electron chi connectivity index (χ4n) is 2.62. The Morgan fingerprint density at radius 3 is 1.88 bits per heavy atom. The van der Waals surface area contributed by atoms with Crippen molar-refractivity contribution in [1.29, 1.82) is 0 Å². The van der Waals surface area contributed by atoms with Gasteiger partial charge in [-0.3, -0.25) is 9.59 Å². The maximum absolute atomic E-state index is 12.5. The number of ether oxygens (including phenoxy) is 1. The van der Waals surface area contributed by atoms with Gasteiger partial charge in [0.25, 0.3) is 0 Å². The van der Waals surface area contributed by atoms with Gasteiger partial charge in [-0.25, -0.2) is 0 Å². The number of carbonyl (C=O) groups excluding carboxylic acids is 2. The lowest BCUT2D eigenvalue weighted by molar-refractivity contribution is -0.153. The molecule has 3 nitrogen and oxygen atoms in total. The molecule has 1 atom stereocenters. The van der Waals surface area contributed by atoms with Crippen LogP contribution >= 0.6 is 0 Å². The average molecular weight is 324 g/mol. The van der Waals surface area contributed by atoms with Gasteiger partial charge in [0.2, 0.25) is 0 Å². The molecule has 0 aromatic heterocycles. The lowest BCUT2D eigenvalue weighted by Crippen LogP contribution is -2.21. The van der Waals surface area contributed by atoms with Crippen LogP contribution in [0.4, 0.5) is 0 Å². The average Bonchev–Trinajstić information content (AvgIpc) is 2.61. The summed E-state index contributed by atoms with van der Waals surface area (Å²) in [6.45, 7) is 3.71. The van der Waals surface area contributed by atoms with E-state index in [1.165, 1.54) is 0 Å². The highest BCUT2D eigenvalue weighted by Crippen LogP contribution is 2.27. The number of hydrogen-bond acceptors (Lipinski definition) is 3. The second kappa shape index (κ2) is 9.02. The number of carbonyl (C=O) groups is 2. The fourth-order valence-corrected chi connectivity index (χ4v) is 2.62. The number of benzene rings is 2. The standard InChI is InChI=1S/C21H24O3/c1-3-10-19(22)15-16(2)21(23)24-20(17-11-6-4-7-12-17)18-13-8-5-9-14-18/h4-9,11-14,16,20H,3,10,15H2,1-2H3. The van der Waals surface area contributed by atoms with E-state index in [9.17, 15) is 9.59 Å². The van der Waals surface area contributed by atoms with Gasteiger partial charge in [-0.2, -0.15) is 0 Å². The lowest BCUT2D eigenvalue weighted by Gasteiger charge is -2.21. The first-order valence-electron chi connectivity index (χ1n) is 8.44. The molecule has 0 fully saturated rings. The zero-order valence-electron chi connectivity index (χ0n) is 14.3. The van der Waals surface area contributed by atoms with E-state index in [1.54, 1.807) is 6.92 Å². The van der Waals surface area contributed by atoms with E-state index < -0.39 is 12.0 Å². The van der Waals surface area contributed by atoms with Crippen LogP contribution in [0.2, 0.25) is 0 Å². The molecule has 0 heterocycles. The Kier molecular flexibility index (Phi) is 6.74. The predicted octanol–water partition coefficient (Wildman–Crippen LogP) is 4.71. The summed E-state index contributed by atoms with van der Waals surface area (Å²) in [7, 11) is 0. The summed E-state index contributed by atoms with van der Waals surface area (Å²) in [6.07, 6.45) is 1.10. The predicted molar refractivity (Wildman–Crippen MR) is 94.5 cm³/mol. The molecule has 0 aliphatic rings. The first kappa shape index (κ1) is 17.9. The summed E-state index contributed by atoms with van der Waals surface area (Å²) in [6, 6.07) is 19.3. The van der Waals surface area contributed by atoms with Crippen molar-refractivity contribution in [2.24, 2.45) is 5.92 Å². The molecule has 0 amide bonds. The van der Waals surface area contributed by atoms with E-state index in [0.717, 1.165) is 17.5 Å². The molecule has 24 heavy (non-hydrogen) atoms. The summed E-state index contributed by atoms with van der Waals surface area (Å²) in [5, 5.41) is 0. The zero-order valence-corrected chi connectivity index (χ0v) is 14.3. The zero-order chi connectivity index (χ0) is 17.4. The van der Waals surface area contributed by atoms with Crippen LogP contribution in [0.5, 0.6) is 0 Å². The van der Waals surface area contributed by atoms with E-state index >= 15 is 0 Å². The van der Waals surface area contributed by atoms with Gasteiger partial charge >= 0.3 is 5.97 Å². The van der Waals surface area contributed by atoms with Gasteiger partial charge in [-0.1, -0.05) is 74.5 Å². The smallest absolute Gasteiger partial charge is 0.310 e. The Balaban J connectivity index is 2.14. The minimum Gasteiger partial charge on any atom is -0.452 e. The first-order chi connectivity index (χ1) is 11.6. The molecule has 126 valence electrons. The van der Waals surface area contributed by atoms with Crippen LogP contribution in [0.25, 0.3) is 0 Å². The first-order valence-corrected chi connectivity index (χ1v) is 8.44. The normalized spacial score (nSPS) is 12.0. The maximum Gasteiger partial charge on any atom is 0.310 e. The van der Waals surface area contributed by atoms with Crippen molar-refractivity contribution in [3.63, 3.8) is 0 Å². The molecule has 0 spiro atoms. The Morgan fingerprint density at radius 1 is 0.917 bits per heavy atom. The number of Topliss-reactive ketones (excluding diaryl/α,β-unsaturated/α-hetero) is 1. The summed E-state index contributed by atoms with van der Waals surface area (Å²) in [4.78, 5) is 24.2. The molecule has 0 aliphatic carbocycles. The van der Waals surface area contributed by atoms with Crippen molar-refractivity contribution in [2.75, 3.05) is 0 Å². The van der Waals surface area contributed by atoms with Crippen molar-refractivity contribution in [2.45, 2.75) is 39.2 Å². The topological polar surface area (TPSA) is 43.4 Å². The highest BCUT2D eigenvalue weighted by molar-refractivity contribution is 5.84. The van der Waals surface area contributed by atoms with Crippen LogP contribution in [0, 0.1) is 5.92 Å². The molecule has 2 aromatic rings. The van der Waals surface area contributed by atoms with Crippen molar-refractivity contribution in [3.05, 3.63) is 71.8 Å². The fraction of sp³-hybridized carbons (Fsp3) is 0.333. The third-order valence-corrected chi connectivity index (χ3v) is 3.90. The van der Waals surface area contributed by atoms with Crippen LogP contribution < -0.4 is 0 Å². The molecule has 1 unspecified atom stereocenters. The highest BCUT2D eigenvalue weighted by Gasteiger charge is 2.24. The number of esters is 1. The summed E-state index contributed by atoms with van der Waals surface area (Å²) in [5.41, 5.74) is 1.84.